The van der Waals surface area contributed by atoms with Crippen LogP contribution >= 0.6 is 0 Å². The van der Waals surface area contributed by atoms with E-state index >= 15 is 0 Å². The van der Waals surface area contributed by atoms with E-state index in [-0.39, 0.29) is 5.54 Å². The van der Waals surface area contributed by atoms with Crippen molar-refractivity contribution >= 4 is 8.24 Å². The monoisotopic (exact) mass is 376 g/mol. The fraction of sp³-hybridized carbons (Fsp3) is 1.00. The number of fused-ring (bicyclic) bond motifs is 5. The van der Waals surface area contributed by atoms with Crippen molar-refractivity contribution in [3.63, 3.8) is 0 Å². The highest BCUT2D eigenvalue weighted by atomic mass is 28.3. The van der Waals surface area contributed by atoms with Crippen LogP contribution in [0.3, 0.4) is 0 Å². The molecule has 8 atom stereocenters. The molecule has 0 spiro atoms. The van der Waals surface area contributed by atoms with Crippen LogP contribution in [0.2, 0.25) is 18.6 Å². The molecule has 1 saturated heterocycles. The lowest BCUT2D eigenvalue weighted by Gasteiger charge is -2.46. The molecule has 1 heterocycles. The van der Waals surface area contributed by atoms with Gasteiger partial charge >= 0.3 is 0 Å². The summed E-state index contributed by atoms with van der Waals surface area (Å²) in [6.07, 6.45) is 10.5. The Morgan fingerprint density at radius 3 is 2.23 bits per heavy atom. The van der Waals surface area contributed by atoms with Crippen molar-refractivity contribution in [1.82, 2.24) is 9.88 Å². The van der Waals surface area contributed by atoms with Crippen molar-refractivity contribution in [3.05, 3.63) is 0 Å². The van der Waals surface area contributed by atoms with E-state index in [0.717, 1.165) is 47.2 Å². The Morgan fingerprint density at radius 1 is 0.923 bits per heavy atom. The quantitative estimate of drug-likeness (QED) is 0.640. The Balaban J connectivity index is 1.71. The minimum Gasteiger partial charge on any atom is -0.332 e. The number of hydrogen-bond acceptors (Lipinski definition) is 2. The first-order chi connectivity index (χ1) is 12.1. The average molecular weight is 377 g/mol. The molecular formula is C23H44N2Si. The lowest BCUT2D eigenvalue weighted by Crippen LogP contribution is -2.59. The van der Waals surface area contributed by atoms with Gasteiger partial charge < -0.3 is 4.98 Å². The lowest BCUT2D eigenvalue weighted by molar-refractivity contribution is 0.109. The van der Waals surface area contributed by atoms with Gasteiger partial charge in [-0.05, 0) is 88.6 Å². The van der Waals surface area contributed by atoms with Crippen LogP contribution in [0.5, 0.6) is 0 Å². The predicted octanol–water partition coefficient (Wildman–Crippen LogP) is 5.50. The van der Waals surface area contributed by atoms with Gasteiger partial charge in [-0.25, -0.2) is 0 Å². The number of nitrogens with one attached hydrogen (secondary N) is 1. The fourth-order valence-electron chi connectivity index (χ4n) is 8.55. The minimum absolute atomic E-state index is 0.252. The highest BCUT2D eigenvalue weighted by Crippen LogP contribution is 2.64. The molecule has 0 aromatic carbocycles. The number of rotatable bonds is 2. The van der Waals surface area contributed by atoms with Gasteiger partial charge in [-0.2, -0.15) is 0 Å². The molecule has 1 N–H and O–H groups in total. The first-order valence-electron chi connectivity index (χ1n) is 11.6. The number of hydrogen-bond donors (Lipinski definition) is 1. The maximum Gasteiger partial charge on any atom is 0.123 e. The van der Waals surface area contributed by atoms with Gasteiger partial charge in [0.15, 0.2) is 0 Å². The van der Waals surface area contributed by atoms with E-state index in [1.54, 1.807) is 0 Å². The first-order valence-corrected chi connectivity index (χ1v) is 14.7. The summed E-state index contributed by atoms with van der Waals surface area (Å²) >= 11 is 0. The molecule has 26 heavy (non-hydrogen) atoms. The summed E-state index contributed by atoms with van der Waals surface area (Å²) in [6.45, 7) is 15.0. The Labute approximate surface area is 164 Å². The summed E-state index contributed by atoms with van der Waals surface area (Å²) < 4.78 is 0. The molecule has 0 aromatic rings. The summed E-state index contributed by atoms with van der Waals surface area (Å²) in [5.74, 6) is 4.93. The van der Waals surface area contributed by atoms with Gasteiger partial charge in [0.25, 0.3) is 0 Å². The van der Waals surface area contributed by atoms with Gasteiger partial charge in [0, 0.05) is 17.6 Å². The van der Waals surface area contributed by atoms with Crippen molar-refractivity contribution in [2.75, 3.05) is 7.05 Å². The van der Waals surface area contributed by atoms with Crippen molar-refractivity contribution < 1.29 is 0 Å². The summed E-state index contributed by atoms with van der Waals surface area (Å²) in [5.41, 5.74) is 1.24. The van der Waals surface area contributed by atoms with Crippen LogP contribution in [0.1, 0.15) is 72.6 Å². The third-order valence-electron chi connectivity index (χ3n) is 8.73. The van der Waals surface area contributed by atoms with Crippen LogP contribution in [0, 0.1) is 29.6 Å². The second kappa shape index (κ2) is 6.59. The lowest BCUT2D eigenvalue weighted by atomic mass is 9.74. The smallest absolute Gasteiger partial charge is 0.123 e. The average Bonchev–Trinajstić information content (AvgIpc) is 2.99. The maximum absolute atomic E-state index is 4.23. The first kappa shape index (κ1) is 19.5. The SMILES string of the molecule is CC1CCC2C(C1)C1C(C3CCCCC3C1[Si](C)(C)NC(C)(C)C)N2C. The highest BCUT2D eigenvalue weighted by Gasteiger charge is 2.64. The second-order valence-corrected chi connectivity index (χ2v) is 16.5. The topological polar surface area (TPSA) is 15.3 Å². The second-order valence-electron chi connectivity index (χ2n) is 12.1. The van der Waals surface area contributed by atoms with E-state index in [4.69, 9.17) is 0 Å². The molecule has 1 aliphatic heterocycles. The Morgan fingerprint density at radius 2 is 1.58 bits per heavy atom. The molecule has 4 fully saturated rings. The standard InChI is InChI=1S/C23H44N2Si/c1-15-12-13-19-18(14-15)20-21(25(19)5)16-10-8-9-11-17(16)22(20)26(6,7)24-23(2,3)4/h15-22,24H,8-14H2,1-7H3. The van der Waals surface area contributed by atoms with Crippen LogP contribution in [0.25, 0.3) is 0 Å². The van der Waals surface area contributed by atoms with Crippen LogP contribution in [-0.2, 0) is 0 Å². The summed E-state index contributed by atoms with van der Waals surface area (Å²) in [4.78, 5) is 7.15. The van der Waals surface area contributed by atoms with E-state index in [2.05, 4.69) is 57.7 Å². The minimum atomic E-state index is -1.50. The third-order valence-corrected chi connectivity index (χ3v) is 12.6. The van der Waals surface area contributed by atoms with Crippen LogP contribution in [-0.4, -0.2) is 37.8 Å². The molecule has 3 heteroatoms. The summed E-state index contributed by atoms with van der Waals surface area (Å²) in [5, 5.41) is 0. The maximum atomic E-state index is 4.23. The van der Waals surface area contributed by atoms with Gasteiger partial charge in [0.2, 0.25) is 0 Å². The highest BCUT2D eigenvalue weighted by molar-refractivity contribution is 6.76. The fourth-order valence-corrected chi connectivity index (χ4v) is 13.5. The van der Waals surface area contributed by atoms with Crippen LogP contribution in [0.15, 0.2) is 0 Å². The summed E-state index contributed by atoms with van der Waals surface area (Å²) in [6, 6.07) is 1.80. The Kier molecular flexibility index (Phi) is 4.93. The van der Waals surface area contributed by atoms with E-state index < -0.39 is 8.24 Å². The zero-order chi connectivity index (χ0) is 18.9. The van der Waals surface area contributed by atoms with E-state index in [1.165, 1.54) is 44.9 Å². The van der Waals surface area contributed by atoms with Gasteiger partial charge in [-0.3, -0.25) is 4.90 Å². The van der Waals surface area contributed by atoms with Gasteiger partial charge in [-0.15, -0.1) is 0 Å². The van der Waals surface area contributed by atoms with Gasteiger partial charge in [0.05, 0.1) is 0 Å². The van der Waals surface area contributed by atoms with Gasteiger partial charge in [0.1, 0.15) is 8.24 Å². The summed E-state index contributed by atoms with van der Waals surface area (Å²) in [7, 11) is 1.01. The third kappa shape index (κ3) is 3.14. The molecule has 4 aliphatic rings. The predicted molar refractivity (Wildman–Crippen MR) is 115 cm³/mol. The zero-order valence-corrected chi connectivity index (χ0v) is 19.5. The van der Waals surface area contributed by atoms with E-state index in [0.29, 0.717) is 0 Å². The number of nitrogens with zero attached hydrogens (tertiary/aromatic N) is 1. The largest absolute Gasteiger partial charge is 0.332 e. The molecule has 3 saturated carbocycles. The van der Waals surface area contributed by atoms with Crippen molar-refractivity contribution in [2.24, 2.45) is 29.6 Å². The normalized spacial score (nSPS) is 46.7. The van der Waals surface area contributed by atoms with Crippen molar-refractivity contribution in [1.29, 1.82) is 0 Å². The van der Waals surface area contributed by atoms with E-state index in [1.807, 2.05) is 0 Å². The van der Waals surface area contributed by atoms with Crippen LogP contribution < -0.4 is 4.98 Å². The molecule has 0 bridgehead atoms. The van der Waals surface area contributed by atoms with Gasteiger partial charge in [-0.1, -0.05) is 39.3 Å². The molecule has 0 radical (unpaired) electrons. The molecular weight excluding hydrogens is 332 g/mol. The van der Waals surface area contributed by atoms with Crippen molar-refractivity contribution in [3.8, 4) is 0 Å². The molecule has 0 aromatic heterocycles. The van der Waals surface area contributed by atoms with E-state index in [9.17, 15) is 0 Å². The molecule has 4 rings (SSSR count). The van der Waals surface area contributed by atoms with Crippen LogP contribution in [0.4, 0.5) is 0 Å². The molecule has 3 aliphatic carbocycles. The molecule has 2 nitrogen and oxygen atoms in total. The molecule has 150 valence electrons. The van der Waals surface area contributed by atoms with Crippen molar-refractivity contribution in [2.45, 2.75) is 109 Å². The molecule has 0 amide bonds. The number of likely N-dealkylation sites (tertiary alicyclic amines) is 1. The Bertz CT molecular complexity index is 525. The Hall–Kier alpha value is 0.137. The zero-order valence-electron chi connectivity index (χ0n) is 18.5. The molecule has 8 unspecified atom stereocenters.